The molecule has 2 fully saturated rings. The van der Waals surface area contributed by atoms with Gasteiger partial charge >= 0.3 is 0 Å². The number of nitrogens with one attached hydrogen (secondary N) is 1. The molecule has 1 aromatic carbocycles. The zero-order valence-corrected chi connectivity index (χ0v) is 13.5. The highest BCUT2D eigenvalue weighted by molar-refractivity contribution is 5.83. The summed E-state index contributed by atoms with van der Waals surface area (Å²) in [6, 6.07) is 6.03. The van der Waals surface area contributed by atoms with Gasteiger partial charge in [-0.3, -0.25) is 9.59 Å². The number of carbonyl (C=O) groups is 2. The van der Waals surface area contributed by atoms with Crippen LogP contribution in [0.15, 0.2) is 24.3 Å². The standard InChI is InChI=1S/C17H22FN3O3/c18-14-4-2-1-3-13(14)11-16(22)20-6-8-21(9-7-20)17(23)15-12-24-10-5-19-15/h1-4,15,19H,5-12H2. The number of piperazine rings is 1. The molecule has 0 bridgehead atoms. The topological polar surface area (TPSA) is 61.9 Å². The average Bonchev–Trinajstić information content (AvgIpc) is 2.64. The number of benzene rings is 1. The van der Waals surface area contributed by atoms with E-state index in [4.69, 9.17) is 4.74 Å². The molecule has 1 atom stereocenters. The Bertz CT molecular complexity index is 596. The van der Waals surface area contributed by atoms with Crippen LogP contribution in [0, 0.1) is 5.82 Å². The SMILES string of the molecule is O=C(Cc1ccccc1F)N1CCN(C(=O)C2COCCN2)CC1. The minimum absolute atomic E-state index is 0.0240. The zero-order valence-electron chi connectivity index (χ0n) is 13.5. The minimum Gasteiger partial charge on any atom is -0.378 e. The fourth-order valence-corrected chi connectivity index (χ4v) is 3.04. The van der Waals surface area contributed by atoms with E-state index in [1.165, 1.54) is 6.07 Å². The molecular formula is C17H22FN3O3. The molecule has 0 aromatic heterocycles. The summed E-state index contributed by atoms with van der Waals surface area (Å²) in [7, 11) is 0. The van der Waals surface area contributed by atoms with Gasteiger partial charge in [-0.2, -0.15) is 0 Å². The summed E-state index contributed by atoms with van der Waals surface area (Å²) >= 11 is 0. The maximum atomic E-state index is 13.6. The van der Waals surface area contributed by atoms with Gasteiger partial charge in [0.2, 0.25) is 11.8 Å². The molecule has 2 amide bonds. The molecule has 1 unspecified atom stereocenters. The van der Waals surface area contributed by atoms with E-state index in [0.29, 0.717) is 51.5 Å². The Hall–Kier alpha value is -1.99. The Morgan fingerprint density at radius 1 is 1.17 bits per heavy atom. The van der Waals surface area contributed by atoms with Crippen molar-refractivity contribution >= 4 is 11.8 Å². The van der Waals surface area contributed by atoms with Gasteiger partial charge in [-0.05, 0) is 11.6 Å². The van der Waals surface area contributed by atoms with Crippen molar-refractivity contribution in [1.82, 2.24) is 15.1 Å². The fourth-order valence-electron chi connectivity index (χ4n) is 3.04. The van der Waals surface area contributed by atoms with Gasteiger partial charge in [0, 0.05) is 32.7 Å². The van der Waals surface area contributed by atoms with Crippen LogP contribution >= 0.6 is 0 Å². The summed E-state index contributed by atoms with van der Waals surface area (Å²) in [5.74, 6) is -0.440. The molecule has 0 spiro atoms. The minimum atomic E-state index is -0.358. The Balaban J connectivity index is 1.50. The van der Waals surface area contributed by atoms with E-state index in [-0.39, 0.29) is 30.1 Å². The molecule has 2 aliphatic rings. The van der Waals surface area contributed by atoms with Gasteiger partial charge < -0.3 is 19.9 Å². The lowest BCUT2D eigenvalue weighted by molar-refractivity contribution is -0.142. The lowest BCUT2D eigenvalue weighted by Crippen LogP contribution is -2.57. The van der Waals surface area contributed by atoms with Crippen molar-refractivity contribution in [3.05, 3.63) is 35.6 Å². The van der Waals surface area contributed by atoms with E-state index in [9.17, 15) is 14.0 Å². The molecule has 2 aliphatic heterocycles. The maximum Gasteiger partial charge on any atom is 0.242 e. The highest BCUT2D eigenvalue weighted by Crippen LogP contribution is 2.11. The third-order valence-corrected chi connectivity index (χ3v) is 4.46. The quantitative estimate of drug-likeness (QED) is 0.846. The number of rotatable bonds is 3. The molecule has 0 radical (unpaired) electrons. The van der Waals surface area contributed by atoms with Crippen molar-refractivity contribution in [3.8, 4) is 0 Å². The van der Waals surface area contributed by atoms with E-state index >= 15 is 0 Å². The number of morpholine rings is 1. The average molecular weight is 335 g/mol. The van der Waals surface area contributed by atoms with Crippen LogP contribution in [-0.2, 0) is 20.7 Å². The normalized spacial score (nSPS) is 21.6. The second-order valence-electron chi connectivity index (χ2n) is 6.06. The number of nitrogens with zero attached hydrogens (tertiary/aromatic N) is 2. The largest absolute Gasteiger partial charge is 0.378 e. The summed E-state index contributed by atoms with van der Waals surface area (Å²) in [5, 5.41) is 3.15. The van der Waals surface area contributed by atoms with Crippen LogP contribution in [0.1, 0.15) is 5.56 Å². The Morgan fingerprint density at radius 2 is 1.88 bits per heavy atom. The number of ether oxygens (including phenoxy) is 1. The lowest BCUT2D eigenvalue weighted by atomic mass is 10.1. The van der Waals surface area contributed by atoms with Crippen LogP contribution in [0.3, 0.4) is 0 Å². The Kier molecular flexibility index (Phi) is 5.42. The van der Waals surface area contributed by atoms with Gasteiger partial charge in [0.15, 0.2) is 0 Å². The zero-order chi connectivity index (χ0) is 16.9. The van der Waals surface area contributed by atoms with Gasteiger partial charge in [-0.25, -0.2) is 4.39 Å². The molecule has 2 heterocycles. The molecule has 0 aliphatic carbocycles. The molecule has 24 heavy (non-hydrogen) atoms. The van der Waals surface area contributed by atoms with Crippen LogP contribution in [0.5, 0.6) is 0 Å². The van der Waals surface area contributed by atoms with Crippen LogP contribution < -0.4 is 5.32 Å². The molecule has 1 N–H and O–H groups in total. The molecule has 2 saturated heterocycles. The van der Waals surface area contributed by atoms with E-state index in [2.05, 4.69) is 5.32 Å². The predicted octanol–water partition coefficient (Wildman–Crippen LogP) is 0.0274. The van der Waals surface area contributed by atoms with Gasteiger partial charge in [0.05, 0.1) is 19.6 Å². The van der Waals surface area contributed by atoms with Gasteiger partial charge in [0.25, 0.3) is 0 Å². The Morgan fingerprint density at radius 3 is 2.54 bits per heavy atom. The first kappa shape index (κ1) is 16.9. The number of hydrogen-bond acceptors (Lipinski definition) is 4. The van der Waals surface area contributed by atoms with Gasteiger partial charge in [-0.15, -0.1) is 0 Å². The van der Waals surface area contributed by atoms with Crippen molar-refractivity contribution in [2.45, 2.75) is 12.5 Å². The second kappa shape index (κ2) is 7.72. The maximum absolute atomic E-state index is 13.6. The van der Waals surface area contributed by atoms with Crippen molar-refractivity contribution in [2.24, 2.45) is 0 Å². The highest BCUT2D eigenvalue weighted by atomic mass is 19.1. The third kappa shape index (κ3) is 3.91. The van der Waals surface area contributed by atoms with E-state index in [0.717, 1.165) is 0 Å². The summed E-state index contributed by atoms with van der Waals surface area (Å²) < 4.78 is 19.0. The van der Waals surface area contributed by atoms with Gasteiger partial charge in [0.1, 0.15) is 11.9 Å². The van der Waals surface area contributed by atoms with Gasteiger partial charge in [-0.1, -0.05) is 18.2 Å². The first-order valence-corrected chi connectivity index (χ1v) is 8.26. The van der Waals surface area contributed by atoms with Crippen LogP contribution in [0.2, 0.25) is 0 Å². The summed E-state index contributed by atoms with van der Waals surface area (Å²) in [5.41, 5.74) is 0.407. The first-order chi connectivity index (χ1) is 11.6. The molecule has 6 nitrogen and oxygen atoms in total. The van der Waals surface area contributed by atoms with Crippen molar-refractivity contribution in [3.63, 3.8) is 0 Å². The van der Waals surface area contributed by atoms with Crippen LogP contribution in [-0.4, -0.2) is 73.6 Å². The molecule has 1 aromatic rings. The van der Waals surface area contributed by atoms with E-state index in [1.54, 1.807) is 28.0 Å². The molecule has 130 valence electrons. The third-order valence-electron chi connectivity index (χ3n) is 4.46. The molecule has 3 rings (SSSR count). The first-order valence-electron chi connectivity index (χ1n) is 8.26. The summed E-state index contributed by atoms with van der Waals surface area (Å²) in [4.78, 5) is 28.2. The van der Waals surface area contributed by atoms with Crippen molar-refractivity contribution in [2.75, 3.05) is 45.9 Å². The lowest BCUT2D eigenvalue weighted by Gasteiger charge is -2.37. The number of hydrogen-bond donors (Lipinski definition) is 1. The highest BCUT2D eigenvalue weighted by Gasteiger charge is 2.30. The Labute approximate surface area is 140 Å². The smallest absolute Gasteiger partial charge is 0.242 e. The molecular weight excluding hydrogens is 313 g/mol. The second-order valence-corrected chi connectivity index (χ2v) is 6.06. The molecule has 0 saturated carbocycles. The summed E-state index contributed by atoms with van der Waals surface area (Å²) in [6.07, 6.45) is 0.0542. The van der Waals surface area contributed by atoms with Crippen LogP contribution in [0.4, 0.5) is 4.39 Å². The predicted molar refractivity (Wildman–Crippen MR) is 85.9 cm³/mol. The number of carbonyl (C=O) groups excluding carboxylic acids is 2. The number of halogens is 1. The van der Waals surface area contributed by atoms with Crippen LogP contribution in [0.25, 0.3) is 0 Å². The summed E-state index contributed by atoms with van der Waals surface area (Å²) in [6.45, 7) is 3.66. The van der Waals surface area contributed by atoms with E-state index < -0.39 is 0 Å². The monoisotopic (exact) mass is 335 g/mol. The van der Waals surface area contributed by atoms with E-state index in [1.807, 2.05) is 0 Å². The van der Waals surface area contributed by atoms with Crippen molar-refractivity contribution < 1.29 is 18.7 Å². The van der Waals surface area contributed by atoms with Crippen molar-refractivity contribution in [1.29, 1.82) is 0 Å². The molecule has 7 heteroatoms. The fraction of sp³-hybridized carbons (Fsp3) is 0.529. The number of amides is 2.